The van der Waals surface area contributed by atoms with Gasteiger partial charge in [-0.1, -0.05) is 18.2 Å². The summed E-state index contributed by atoms with van der Waals surface area (Å²) >= 11 is 0. The van der Waals surface area contributed by atoms with Crippen LogP contribution in [0.2, 0.25) is 0 Å². The molecule has 3 aromatic rings. The number of anilines is 1. The number of aryl methyl sites for hydroxylation is 1. The lowest BCUT2D eigenvalue weighted by Crippen LogP contribution is -2.36. The van der Waals surface area contributed by atoms with Gasteiger partial charge < -0.3 is 9.88 Å². The average Bonchev–Trinajstić information content (AvgIpc) is 3.18. The summed E-state index contributed by atoms with van der Waals surface area (Å²) in [6.45, 7) is 0.820. The average molecular weight is 381 g/mol. The van der Waals surface area contributed by atoms with Crippen molar-refractivity contribution in [3.63, 3.8) is 0 Å². The highest BCUT2D eigenvalue weighted by Gasteiger charge is 2.32. The van der Waals surface area contributed by atoms with Gasteiger partial charge in [-0.2, -0.15) is 4.31 Å². The van der Waals surface area contributed by atoms with Gasteiger partial charge in [0.2, 0.25) is 15.9 Å². The van der Waals surface area contributed by atoms with E-state index >= 15 is 0 Å². The first-order valence-corrected chi connectivity index (χ1v) is 10.4. The molecule has 27 heavy (non-hydrogen) atoms. The van der Waals surface area contributed by atoms with E-state index in [9.17, 15) is 13.2 Å². The summed E-state index contributed by atoms with van der Waals surface area (Å²) < 4.78 is 30.2. The minimum Gasteiger partial charge on any atom is -0.347 e. The van der Waals surface area contributed by atoms with Crippen LogP contribution in [0.1, 0.15) is 16.8 Å². The number of carbonyl (C=O) groups is 1. The molecular formula is C20H19N3O3S. The van der Waals surface area contributed by atoms with E-state index in [0.29, 0.717) is 25.2 Å². The molecule has 2 aromatic carbocycles. The topological polar surface area (TPSA) is 71.4 Å². The SMILES string of the molecule is Cn1c2c(c3ccccc31)CN(S(=O)(=O)c1ccc3c(c1)CC(=O)N3)CC2. The Bertz CT molecular complexity index is 1210. The monoisotopic (exact) mass is 381 g/mol. The molecule has 138 valence electrons. The number of carbonyl (C=O) groups excluding carboxylic acids is 1. The molecule has 1 amide bonds. The van der Waals surface area contributed by atoms with E-state index in [-0.39, 0.29) is 17.2 Å². The van der Waals surface area contributed by atoms with Crippen LogP contribution >= 0.6 is 0 Å². The van der Waals surface area contributed by atoms with Crippen LogP contribution in [0.3, 0.4) is 0 Å². The van der Waals surface area contributed by atoms with Crippen LogP contribution in [0.5, 0.6) is 0 Å². The highest BCUT2D eigenvalue weighted by molar-refractivity contribution is 7.89. The molecule has 5 rings (SSSR count). The zero-order valence-electron chi connectivity index (χ0n) is 14.9. The Hall–Kier alpha value is -2.64. The number of para-hydroxylation sites is 1. The van der Waals surface area contributed by atoms with Gasteiger partial charge in [0.05, 0.1) is 11.3 Å². The number of hydrogen-bond acceptors (Lipinski definition) is 3. The molecule has 0 saturated carbocycles. The number of aromatic nitrogens is 1. The van der Waals surface area contributed by atoms with Crippen molar-refractivity contribution in [1.29, 1.82) is 0 Å². The van der Waals surface area contributed by atoms with Crippen molar-refractivity contribution >= 4 is 32.5 Å². The molecule has 0 aliphatic carbocycles. The Morgan fingerprint density at radius 3 is 2.78 bits per heavy atom. The third kappa shape index (κ3) is 2.42. The summed E-state index contributed by atoms with van der Waals surface area (Å²) in [5.41, 5.74) is 4.86. The molecule has 0 radical (unpaired) electrons. The first-order valence-electron chi connectivity index (χ1n) is 8.93. The van der Waals surface area contributed by atoms with Crippen LogP contribution in [0.15, 0.2) is 47.4 Å². The normalized spacial score (nSPS) is 17.0. The zero-order valence-corrected chi connectivity index (χ0v) is 15.7. The van der Waals surface area contributed by atoms with E-state index in [1.165, 1.54) is 5.69 Å². The van der Waals surface area contributed by atoms with Gasteiger partial charge >= 0.3 is 0 Å². The number of sulfonamides is 1. The Morgan fingerprint density at radius 2 is 1.93 bits per heavy atom. The lowest BCUT2D eigenvalue weighted by molar-refractivity contribution is -0.115. The van der Waals surface area contributed by atoms with Crippen LogP contribution in [-0.2, 0) is 41.3 Å². The van der Waals surface area contributed by atoms with Crippen molar-refractivity contribution in [1.82, 2.24) is 8.87 Å². The zero-order chi connectivity index (χ0) is 18.8. The largest absolute Gasteiger partial charge is 0.347 e. The fraction of sp³-hybridized carbons (Fsp3) is 0.250. The Labute approximate surface area is 157 Å². The fourth-order valence-corrected chi connectivity index (χ4v) is 5.69. The third-order valence-electron chi connectivity index (χ3n) is 5.62. The van der Waals surface area contributed by atoms with Crippen molar-refractivity contribution in [3.8, 4) is 0 Å². The maximum atomic E-state index is 13.2. The van der Waals surface area contributed by atoms with Crippen LogP contribution in [0, 0.1) is 0 Å². The maximum absolute atomic E-state index is 13.2. The molecule has 0 unspecified atom stereocenters. The van der Waals surface area contributed by atoms with E-state index < -0.39 is 10.0 Å². The highest BCUT2D eigenvalue weighted by Crippen LogP contribution is 2.33. The van der Waals surface area contributed by atoms with Gasteiger partial charge in [0.25, 0.3) is 0 Å². The summed E-state index contributed by atoms with van der Waals surface area (Å²) in [5.74, 6) is -0.0992. The lowest BCUT2D eigenvalue weighted by atomic mass is 10.1. The van der Waals surface area contributed by atoms with E-state index in [1.54, 1.807) is 22.5 Å². The predicted octanol–water partition coefficient (Wildman–Crippen LogP) is 2.42. The standard InChI is InChI=1S/C20H19N3O3S/c1-22-18-5-3-2-4-15(18)16-12-23(9-8-19(16)22)27(25,26)14-6-7-17-13(10-14)11-20(24)21-17/h2-7,10H,8-9,11-12H2,1H3,(H,21,24). The molecule has 0 saturated heterocycles. The minimum atomic E-state index is -3.62. The molecule has 2 aliphatic heterocycles. The third-order valence-corrected chi connectivity index (χ3v) is 7.46. The van der Waals surface area contributed by atoms with E-state index in [4.69, 9.17) is 0 Å². The van der Waals surface area contributed by atoms with E-state index in [0.717, 1.165) is 22.0 Å². The summed E-state index contributed by atoms with van der Waals surface area (Å²) in [7, 11) is -1.58. The van der Waals surface area contributed by atoms with E-state index in [1.807, 2.05) is 19.2 Å². The Kier molecular flexibility index (Phi) is 3.47. The molecule has 1 N–H and O–H groups in total. The number of nitrogens with zero attached hydrogens (tertiary/aromatic N) is 2. The number of amides is 1. The molecule has 0 bridgehead atoms. The molecule has 7 heteroatoms. The number of benzene rings is 2. The van der Waals surface area contributed by atoms with Crippen molar-refractivity contribution in [3.05, 3.63) is 59.3 Å². The summed E-state index contributed by atoms with van der Waals surface area (Å²) in [6, 6.07) is 13.0. The van der Waals surface area contributed by atoms with Gasteiger partial charge in [-0.25, -0.2) is 8.42 Å². The number of fused-ring (bicyclic) bond motifs is 4. The smallest absolute Gasteiger partial charge is 0.243 e. The second-order valence-electron chi connectivity index (χ2n) is 7.13. The van der Waals surface area contributed by atoms with E-state index in [2.05, 4.69) is 22.0 Å². The number of rotatable bonds is 2. The van der Waals surface area contributed by atoms with Gasteiger partial charge in [-0.05, 0) is 35.4 Å². The van der Waals surface area contributed by atoms with Gasteiger partial charge in [-0.3, -0.25) is 4.79 Å². The molecular weight excluding hydrogens is 362 g/mol. The minimum absolute atomic E-state index is 0.0992. The molecule has 0 atom stereocenters. The lowest BCUT2D eigenvalue weighted by Gasteiger charge is -2.27. The molecule has 6 nitrogen and oxygen atoms in total. The number of hydrogen-bond donors (Lipinski definition) is 1. The number of nitrogens with one attached hydrogen (secondary N) is 1. The van der Waals surface area contributed by atoms with Crippen LogP contribution in [0.25, 0.3) is 10.9 Å². The molecule has 3 heterocycles. The molecule has 0 fully saturated rings. The fourth-order valence-electron chi connectivity index (χ4n) is 4.23. The van der Waals surface area contributed by atoms with Gasteiger partial charge in [0.1, 0.15) is 0 Å². The second kappa shape index (κ2) is 5.68. The van der Waals surface area contributed by atoms with Gasteiger partial charge in [0, 0.05) is 48.8 Å². The first kappa shape index (κ1) is 16.5. The van der Waals surface area contributed by atoms with Crippen molar-refractivity contribution in [2.45, 2.75) is 24.3 Å². The molecule has 0 spiro atoms. The van der Waals surface area contributed by atoms with Crippen LogP contribution in [0.4, 0.5) is 5.69 Å². The van der Waals surface area contributed by atoms with Gasteiger partial charge in [-0.15, -0.1) is 0 Å². The van der Waals surface area contributed by atoms with Crippen molar-refractivity contribution in [2.75, 3.05) is 11.9 Å². The molecule has 2 aliphatic rings. The van der Waals surface area contributed by atoms with Crippen molar-refractivity contribution < 1.29 is 13.2 Å². The quantitative estimate of drug-likeness (QED) is 0.741. The first-order chi connectivity index (χ1) is 12.9. The second-order valence-corrected chi connectivity index (χ2v) is 9.07. The van der Waals surface area contributed by atoms with Crippen LogP contribution < -0.4 is 5.32 Å². The highest BCUT2D eigenvalue weighted by atomic mass is 32.2. The van der Waals surface area contributed by atoms with Crippen LogP contribution in [-0.4, -0.2) is 29.7 Å². The van der Waals surface area contributed by atoms with Gasteiger partial charge in [0.15, 0.2) is 0 Å². The Morgan fingerprint density at radius 1 is 1.11 bits per heavy atom. The summed E-state index contributed by atoms with van der Waals surface area (Å²) in [4.78, 5) is 11.8. The van der Waals surface area contributed by atoms with Crippen molar-refractivity contribution in [2.24, 2.45) is 7.05 Å². The summed E-state index contributed by atoms with van der Waals surface area (Å²) in [5, 5.41) is 3.85. The Balaban J connectivity index is 1.54. The predicted molar refractivity (Wildman–Crippen MR) is 103 cm³/mol. The maximum Gasteiger partial charge on any atom is 0.243 e. The summed E-state index contributed by atoms with van der Waals surface area (Å²) in [6.07, 6.45) is 0.914. The molecule has 1 aromatic heterocycles.